The standard InChI is InChI=1S/C19H26N4O/c1-4-20-19(23-14-17-10-7-8-12-21-17)22-13-16(3)24-18-11-6-5-9-15(18)2/h5-12,16H,4,13-14H2,1-3H3,(H2,20,22,23). The molecule has 2 aromatic rings. The zero-order valence-corrected chi connectivity index (χ0v) is 14.6. The SMILES string of the molecule is CCNC(=NCc1ccccn1)NCC(C)Oc1ccccc1C. The zero-order chi connectivity index (χ0) is 17.2. The van der Waals surface area contributed by atoms with Gasteiger partial charge in [0.15, 0.2) is 5.96 Å². The summed E-state index contributed by atoms with van der Waals surface area (Å²) in [5.74, 6) is 1.69. The van der Waals surface area contributed by atoms with Gasteiger partial charge in [-0.2, -0.15) is 0 Å². The van der Waals surface area contributed by atoms with Crippen LogP contribution in [0.25, 0.3) is 0 Å². The van der Waals surface area contributed by atoms with Crippen molar-refractivity contribution in [2.75, 3.05) is 13.1 Å². The molecular weight excluding hydrogens is 300 g/mol. The van der Waals surface area contributed by atoms with Crippen LogP contribution in [0.5, 0.6) is 5.75 Å². The molecule has 128 valence electrons. The van der Waals surface area contributed by atoms with E-state index in [2.05, 4.69) is 20.6 Å². The first-order valence-electron chi connectivity index (χ1n) is 8.33. The average molecular weight is 326 g/mol. The van der Waals surface area contributed by atoms with Gasteiger partial charge in [0.1, 0.15) is 11.9 Å². The average Bonchev–Trinajstić information content (AvgIpc) is 2.60. The van der Waals surface area contributed by atoms with Crippen molar-refractivity contribution in [3.8, 4) is 5.75 Å². The minimum absolute atomic E-state index is 0.0322. The zero-order valence-electron chi connectivity index (χ0n) is 14.6. The third-order valence-corrected chi connectivity index (χ3v) is 3.45. The number of benzene rings is 1. The molecule has 0 amide bonds. The Kier molecular flexibility index (Phi) is 7.08. The van der Waals surface area contributed by atoms with Gasteiger partial charge in [-0.25, -0.2) is 4.99 Å². The lowest BCUT2D eigenvalue weighted by Gasteiger charge is -2.18. The number of ether oxygens (including phenoxy) is 1. The Balaban J connectivity index is 1.87. The predicted octanol–water partition coefficient (Wildman–Crippen LogP) is 2.91. The summed E-state index contributed by atoms with van der Waals surface area (Å²) in [6.45, 7) is 8.16. The second-order valence-electron chi connectivity index (χ2n) is 5.59. The fourth-order valence-electron chi connectivity index (χ4n) is 2.18. The molecule has 1 aromatic carbocycles. The number of para-hydroxylation sites is 1. The molecule has 24 heavy (non-hydrogen) atoms. The number of pyridine rings is 1. The van der Waals surface area contributed by atoms with Gasteiger partial charge in [0.25, 0.3) is 0 Å². The predicted molar refractivity (Wildman–Crippen MR) is 98.3 cm³/mol. The number of aromatic nitrogens is 1. The molecular formula is C19H26N4O. The highest BCUT2D eigenvalue weighted by molar-refractivity contribution is 5.79. The van der Waals surface area contributed by atoms with Gasteiger partial charge in [0.05, 0.1) is 18.8 Å². The van der Waals surface area contributed by atoms with Crippen molar-refractivity contribution in [2.45, 2.75) is 33.4 Å². The van der Waals surface area contributed by atoms with E-state index in [-0.39, 0.29) is 6.10 Å². The van der Waals surface area contributed by atoms with Crippen LogP contribution >= 0.6 is 0 Å². The van der Waals surface area contributed by atoms with Crippen molar-refractivity contribution in [3.63, 3.8) is 0 Å². The van der Waals surface area contributed by atoms with Crippen LogP contribution in [0.15, 0.2) is 53.7 Å². The third-order valence-electron chi connectivity index (χ3n) is 3.45. The largest absolute Gasteiger partial charge is 0.489 e. The Morgan fingerprint density at radius 2 is 1.96 bits per heavy atom. The second-order valence-corrected chi connectivity index (χ2v) is 5.59. The number of aryl methyl sites for hydroxylation is 1. The van der Waals surface area contributed by atoms with Gasteiger partial charge >= 0.3 is 0 Å². The summed E-state index contributed by atoms with van der Waals surface area (Å²) in [5.41, 5.74) is 2.08. The molecule has 2 N–H and O–H groups in total. The monoisotopic (exact) mass is 326 g/mol. The van der Waals surface area contributed by atoms with Crippen LogP contribution in [0.1, 0.15) is 25.1 Å². The molecule has 1 aromatic heterocycles. The van der Waals surface area contributed by atoms with Crippen LogP contribution in [0.3, 0.4) is 0 Å². The highest BCUT2D eigenvalue weighted by atomic mass is 16.5. The number of hydrogen-bond acceptors (Lipinski definition) is 3. The summed E-state index contributed by atoms with van der Waals surface area (Å²) in [6, 6.07) is 13.9. The van der Waals surface area contributed by atoms with Gasteiger partial charge in [-0.05, 0) is 44.5 Å². The van der Waals surface area contributed by atoms with E-state index in [1.54, 1.807) is 6.20 Å². The van der Waals surface area contributed by atoms with Crippen LogP contribution < -0.4 is 15.4 Å². The van der Waals surface area contributed by atoms with Crippen LogP contribution in [0.4, 0.5) is 0 Å². The topological polar surface area (TPSA) is 58.5 Å². The smallest absolute Gasteiger partial charge is 0.191 e. The lowest BCUT2D eigenvalue weighted by molar-refractivity contribution is 0.222. The molecule has 2 rings (SSSR count). The number of guanidine groups is 1. The van der Waals surface area contributed by atoms with Crippen molar-refractivity contribution in [3.05, 3.63) is 59.9 Å². The molecule has 0 saturated carbocycles. The minimum atomic E-state index is 0.0322. The summed E-state index contributed by atoms with van der Waals surface area (Å²) < 4.78 is 5.98. The van der Waals surface area contributed by atoms with Gasteiger partial charge in [0.2, 0.25) is 0 Å². The second kappa shape index (κ2) is 9.55. The molecule has 5 heteroatoms. The third kappa shape index (κ3) is 5.91. The molecule has 5 nitrogen and oxygen atoms in total. The van der Waals surface area contributed by atoms with Crippen molar-refractivity contribution >= 4 is 5.96 Å². The first-order valence-corrected chi connectivity index (χ1v) is 8.33. The summed E-state index contributed by atoms with van der Waals surface area (Å²) in [5, 5.41) is 6.56. The maximum absolute atomic E-state index is 5.98. The molecule has 0 fully saturated rings. The number of aliphatic imine (C=N–C) groups is 1. The van der Waals surface area contributed by atoms with Gasteiger partial charge in [-0.15, -0.1) is 0 Å². The van der Waals surface area contributed by atoms with E-state index in [4.69, 9.17) is 4.74 Å². The highest BCUT2D eigenvalue weighted by Crippen LogP contribution is 2.17. The van der Waals surface area contributed by atoms with Crippen LogP contribution in [-0.2, 0) is 6.54 Å². The molecule has 0 aliphatic heterocycles. The molecule has 0 bridgehead atoms. The Morgan fingerprint density at radius 3 is 2.67 bits per heavy atom. The van der Waals surface area contributed by atoms with Crippen molar-refractivity contribution in [1.29, 1.82) is 0 Å². The van der Waals surface area contributed by atoms with E-state index >= 15 is 0 Å². The van der Waals surface area contributed by atoms with Crippen LogP contribution in [0.2, 0.25) is 0 Å². The Hall–Kier alpha value is -2.56. The van der Waals surface area contributed by atoms with E-state index in [0.717, 1.165) is 29.5 Å². The summed E-state index contributed by atoms with van der Waals surface area (Å²) in [6.07, 6.45) is 1.81. The summed E-state index contributed by atoms with van der Waals surface area (Å²) >= 11 is 0. The Morgan fingerprint density at radius 1 is 1.17 bits per heavy atom. The Bertz CT molecular complexity index is 643. The first-order chi connectivity index (χ1) is 11.7. The fourth-order valence-corrected chi connectivity index (χ4v) is 2.18. The minimum Gasteiger partial charge on any atom is -0.489 e. The lowest BCUT2D eigenvalue weighted by atomic mass is 10.2. The van der Waals surface area contributed by atoms with Crippen LogP contribution in [-0.4, -0.2) is 30.1 Å². The molecule has 0 aliphatic rings. The van der Waals surface area contributed by atoms with Gasteiger partial charge < -0.3 is 15.4 Å². The molecule has 0 radical (unpaired) electrons. The maximum atomic E-state index is 5.98. The van der Waals surface area contributed by atoms with Gasteiger partial charge in [-0.1, -0.05) is 24.3 Å². The van der Waals surface area contributed by atoms with Crippen molar-refractivity contribution < 1.29 is 4.74 Å². The number of nitrogens with zero attached hydrogens (tertiary/aromatic N) is 2. The molecule has 0 spiro atoms. The fraction of sp³-hybridized carbons (Fsp3) is 0.368. The molecule has 1 atom stereocenters. The van der Waals surface area contributed by atoms with E-state index in [9.17, 15) is 0 Å². The van der Waals surface area contributed by atoms with E-state index in [1.165, 1.54) is 0 Å². The van der Waals surface area contributed by atoms with Gasteiger partial charge in [-0.3, -0.25) is 4.98 Å². The van der Waals surface area contributed by atoms with E-state index < -0.39 is 0 Å². The summed E-state index contributed by atoms with van der Waals surface area (Å²) in [4.78, 5) is 8.84. The first kappa shape index (κ1) is 17.8. The van der Waals surface area contributed by atoms with E-state index in [1.807, 2.05) is 63.2 Å². The highest BCUT2D eigenvalue weighted by Gasteiger charge is 2.07. The van der Waals surface area contributed by atoms with Crippen molar-refractivity contribution in [2.24, 2.45) is 4.99 Å². The Labute approximate surface area is 144 Å². The van der Waals surface area contributed by atoms with Gasteiger partial charge in [0, 0.05) is 12.7 Å². The molecule has 1 unspecified atom stereocenters. The van der Waals surface area contributed by atoms with Crippen LogP contribution in [0, 0.1) is 6.92 Å². The number of hydrogen-bond donors (Lipinski definition) is 2. The molecule has 1 heterocycles. The summed E-state index contributed by atoms with van der Waals surface area (Å²) in [7, 11) is 0. The lowest BCUT2D eigenvalue weighted by Crippen LogP contribution is -2.41. The molecule has 0 aliphatic carbocycles. The number of nitrogens with one attached hydrogen (secondary N) is 2. The maximum Gasteiger partial charge on any atom is 0.191 e. The van der Waals surface area contributed by atoms with E-state index in [0.29, 0.717) is 13.1 Å². The number of rotatable bonds is 7. The quantitative estimate of drug-likeness (QED) is 0.607. The van der Waals surface area contributed by atoms with Crippen molar-refractivity contribution in [1.82, 2.24) is 15.6 Å². The molecule has 0 saturated heterocycles. The normalized spacial score (nSPS) is 12.5.